The van der Waals surface area contributed by atoms with Crippen LogP contribution in [-0.2, 0) is 22.8 Å². The molecule has 0 saturated carbocycles. The fraction of sp³-hybridized carbons (Fsp3) is 0.318. The molecule has 6 nitrogen and oxygen atoms in total. The van der Waals surface area contributed by atoms with Crippen LogP contribution in [0.1, 0.15) is 23.8 Å². The third-order valence-corrected chi connectivity index (χ3v) is 5.80. The zero-order valence-corrected chi connectivity index (χ0v) is 17.8. The first-order valence-corrected chi connectivity index (χ1v) is 11.5. The van der Waals surface area contributed by atoms with Crippen molar-refractivity contribution in [2.45, 2.75) is 31.7 Å². The number of aliphatic imine (C=N–C) groups is 1. The highest BCUT2D eigenvalue weighted by Gasteiger charge is 2.11. The van der Waals surface area contributed by atoms with E-state index in [9.17, 15) is 8.42 Å². The Morgan fingerprint density at radius 3 is 2.59 bits per heavy atom. The maximum Gasteiger partial charge on any atom is 0.191 e. The van der Waals surface area contributed by atoms with Crippen molar-refractivity contribution in [3.8, 4) is 0 Å². The van der Waals surface area contributed by atoms with Crippen molar-refractivity contribution in [3.63, 3.8) is 0 Å². The molecule has 7 heteroatoms. The lowest BCUT2D eigenvalue weighted by atomic mass is 10.1. The maximum atomic E-state index is 11.8. The molecule has 0 spiro atoms. The Labute approximate surface area is 172 Å². The molecule has 0 saturated heterocycles. The molecule has 154 valence electrons. The van der Waals surface area contributed by atoms with Crippen molar-refractivity contribution in [2.24, 2.45) is 4.99 Å². The third-order valence-electron chi connectivity index (χ3n) is 4.54. The Hall–Kier alpha value is -2.80. The number of fused-ring (bicyclic) bond motifs is 1. The van der Waals surface area contributed by atoms with Gasteiger partial charge in [0.15, 0.2) is 15.8 Å². The van der Waals surface area contributed by atoms with Gasteiger partial charge in [-0.1, -0.05) is 30.3 Å². The minimum Gasteiger partial charge on any atom is -0.461 e. The summed E-state index contributed by atoms with van der Waals surface area (Å²) in [5.74, 6) is 1.65. The number of furan rings is 1. The molecule has 3 rings (SSSR count). The van der Waals surface area contributed by atoms with Crippen LogP contribution in [0.2, 0.25) is 0 Å². The lowest BCUT2D eigenvalue weighted by Gasteiger charge is -2.11. The van der Waals surface area contributed by atoms with Crippen LogP contribution in [0.5, 0.6) is 0 Å². The van der Waals surface area contributed by atoms with E-state index in [2.05, 4.69) is 21.7 Å². The maximum absolute atomic E-state index is 11.8. The van der Waals surface area contributed by atoms with Gasteiger partial charge in [-0.2, -0.15) is 0 Å². The lowest BCUT2D eigenvalue weighted by molar-refractivity contribution is 0.544. The Morgan fingerprint density at radius 1 is 1.10 bits per heavy atom. The van der Waals surface area contributed by atoms with Crippen molar-refractivity contribution < 1.29 is 12.8 Å². The number of hydrogen-bond donors (Lipinski definition) is 2. The summed E-state index contributed by atoms with van der Waals surface area (Å²) >= 11 is 0. The molecule has 0 aliphatic rings. The predicted molar refractivity (Wildman–Crippen MR) is 117 cm³/mol. The standard InChI is InChI=1S/C22H27N3O3S/c1-4-23-22(24-12-11-19-14-18-7-5-6-8-20(18)28-19)25-15-17-9-10-21(16(2)13-17)29(3,26)27/h5-10,13-14H,4,11-12,15H2,1-3H3,(H2,23,24,25). The zero-order valence-electron chi connectivity index (χ0n) is 17.0. The normalized spacial score (nSPS) is 12.3. The van der Waals surface area contributed by atoms with E-state index in [0.717, 1.165) is 40.8 Å². The number of nitrogens with one attached hydrogen (secondary N) is 2. The number of rotatable bonds is 7. The van der Waals surface area contributed by atoms with Gasteiger partial charge < -0.3 is 15.1 Å². The summed E-state index contributed by atoms with van der Waals surface area (Å²) in [5.41, 5.74) is 2.60. The Balaban J connectivity index is 1.61. The van der Waals surface area contributed by atoms with E-state index in [-0.39, 0.29) is 0 Å². The van der Waals surface area contributed by atoms with Crippen LogP contribution < -0.4 is 10.6 Å². The van der Waals surface area contributed by atoms with E-state index in [1.54, 1.807) is 13.0 Å². The topological polar surface area (TPSA) is 83.7 Å². The minimum atomic E-state index is -3.21. The van der Waals surface area contributed by atoms with E-state index in [1.807, 2.05) is 43.3 Å². The van der Waals surface area contributed by atoms with Gasteiger partial charge in [-0.05, 0) is 43.2 Å². The summed E-state index contributed by atoms with van der Waals surface area (Å²) in [5, 5.41) is 7.65. The molecular formula is C22H27N3O3S. The highest BCUT2D eigenvalue weighted by Crippen LogP contribution is 2.19. The molecule has 0 fully saturated rings. The molecule has 29 heavy (non-hydrogen) atoms. The second-order valence-corrected chi connectivity index (χ2v) is 8.98. The Kier molecular flexibility index (Phi) is 6.59. The average molecular weight is 414 g/mol. The molecule has 0 amide bonds. The van der Waals surface area contributed by atoms with Crippen molar-refractivity contribution in [1.29, 1.82) is 0 Å². The van der Waals surface area contributed by atoms with Gasteiger partial charge in [0, 0.05) is 31.2 Å². The average Bonchev–Trinajstić information content (AvgIpc) is 3.08. The van der Waals surface area contributed by atoms with Crippen molar-refractivity contribution in [1.82, 2.24) is 10.6 Å². The van der Waals surface area contributed by atoms with Crippen molar-refractivity contribution in [2.75, 3.05) is 19.3 Å². The van der Waals surface area contributed by atoms with Crippen LogP contribution in [0.3, 0.4) is 0 Å². The number of benzene rings is 2. The monoisotopic (exact) mass is 413 g/mol. The highest BCUT2D eigenvalue weighted by molar-refractivity contribution is 7.90. The fourth-order valence-electron chi connectivity index (χ4n) is 3.20. The van der Waals surface area contributed by atoms with Crippen molar-refractivity contribution >= 4 is 26.8 Å². The molecule has 0 bridgehead atoms. The van der Waals surface area contributed by atoms with Crippen LogP contribution >= 0.6 is 0 Å². The highest BCUT2D eigenvalue weighted by atomic mass is 32.2. The summed E-state index contributed by atoms with van der Waals surface area (Å²) in [6.45, 7) is 5.73. The van der Waals surface area contributed by atoms with E-state index >= 15 is 0 Å². The van der Waals surface area contributed by atoms with Gasteiger partial charge in [-0.3, -0.25) is 0 Å². The molecule has 3 aromatic rings. The molecule has 0 unspecified atom stereocenters. The SMILES string of the molecule is CCNC(=NCc1ccc(S(C)(=O)=O)c(C)c1)NCCc1cc2ccccc2o1. The minimum absolute atomic E-state index is 0.362. The number of aryl methyl sites for hydroxylation is 1. The van der Waals surface area contributed by atoms with Gasteiger partial charge in [0.2, 0.25) is 0 Å². The second kappa shape index (κ2) is 9.13. The second-order valence-electron chi connectivity index (χ2n) is 6.99. The van der Waals surface area contributed by atoms with Crippen LogP contribution in [0.15, 0.2) is 62.8 Å². The number of nitrogens with zero attached hydrogens (tertiary/aromatic N) is 1. The van der Waals surface area contributed by atoms with Crippen LogP contribution in [0, 0.1) is 6.92 Å². The van der Waals surface area contributed by atoms with Gasteiger partial charge in [0.05, 0.1) is 11.4 Å². The summed E-state index contributed by atoms with van der Waals surface area (Å²) in [4.78, 5) is 4.97. The molecule has 0 aliphatic heterocycles. The lowest BCUT2D eigenvalue weighted by Crippen LogP contribution is -2.38. The number of hydrogen-bond acceptors (Lipinski definition) is 4. The largest absolute Gasteiger partial charge is 0.461 e. The van der Waals surface area contributed by atoms with Gasteiger partial charge in [-0.15, -0.1) is 0 Å². The molecular weight excluding hydrogens is 386 g/mol. The summed E-state index contributed by atoms with van der Waals surface area (Å²) < 4.78 is 29.3. The molecule has 2 N–H and O–H groups in total. The van der Waals surface area contributed by atoms with Crippen LogP contribution in [0.25, 0.3) is 11.0 Å². The zero-order chi connectivity index (χ0) is 20.9. The van der Waals surface area contributed by atoms with E-state index < -0.39 is 9.84 Å². The Morgan fingerprint density at radius 2 is 1.90 bits per heavy atom. The van der Waals surface area contributed by atoms with Crippen LogP contribution in [0.4, 0.5) is 0 Å². The van der Waals surface area contributed by atoms with Gasteiger partial charge in [-0.25, -0.2) is 13.4 Å². The van der Waals surface area contributed by atoms with Gasteiger partial charge in [0.25, 0.3) is 0 Å². The van der Waals surface area contributed by atoms with E-state index in [4.69, 9.17) is 4.42 Å². The fourth-order valence-corrected chi connectivity index (χ4v) is 4.16. The first-order valence-electron chi connectivity index (χ1n) is 9.66. The van der Waals surface area contributed by atoms with E-state index in [1.165, 1.54) is 6.26 Å². The molecule has 1 aromatic heterocycles. The summed E-state index contributed by atoms with van der Waals surface area (Å²) in [7, 11) is -3.21. The van der Waals surface area contributed by atoms with E-state index in [0.29, 0.717) is 23.9 Å². The molecule has 0 radical (unpaired) electrons. The van der Waals surface area contributed by atoms with Gasteiger partial charge in [0.1, 0.15) is 11.3 Å². The predicted octanol–water partition coefficient (Wildman–Crippen LogP) is 3.44. The smallest absolute Gasteiger partial charge is 0.191 e. The Bertz CT molecular complexity index is 1080. The first kappa shape index (κ1) is 20.9. The number of sulfone groups is 1. The van der Waals surface area contributed by atoms with Crippen LogP contribution in [-0.4, -0.2) is 33.7 Å². The number of para-hydroxylation sites is 1. The van der Waals surface area contributed by atoms with Gasteiger partial charge >= 0.3 is 0 Å². The van der Waals surface area contributed by atoms with Crippen molar-refractivity contribution in [3.05, 3.63) is 65.4 Å². The first-order chi connectivity index (χ1) is 13.9. The summed E-state index contributed by atoms with van der Waals surface area (Å²) in [6.07, 6.45) is 1.98. The molecule has 0 aliphatic carbocycles. The molecule has 1 heterocycles. The third kappa shape index (κ3) is 5.60. The molecule has 0 atom stereocenters. The summed E-state index contributed by atoms with van der Waals surface area (Å²) in [6, 6.07) is 15.4. The quantitative estimate of drug-likeness (QED) is 0.458. The number of guanidine groups is 1. The molecule has 2 aromatic carbocycles.